The number of amides is 1. The molecule has 0 saturated carbocycles. The maximum absolute atomic E-state index is 12.4. The molecular weight excluding hydrogens is 432 g/mol. The van der Waals surface area contributed by atoms with Gasteiger partial charge in [0.25, 0.3) is 5.91 Å². The Hall–Kier alpha value is -3.71. The molecule has 0 saturated heterocycles. The van der Waals surface area contributed by atoms with Gasteiger partial charge in [0.15, 0.2) is 29.6 Å². The zero-order valence-electron chi connectivity index (χ0n) is 20.1. The average Bonchev–Trinajstić information content (AvgIpc) is 2.86. The Kier molecular flexibility index (Phi) is 9.17. The number of rotatable bonds is 12. The zero-order chi connectivity index (χ0) is 24.3. The fraction of sp³-hybridized carbons (Fsp3) is 0.296. The summed E-state index contributed by atoms with van der Waals surface area (Å²) in [5.74, 6) is 2.34. The molecule has 0 spiro atoms. The third-order valence-electron chi connectivity index (χ3n) is 5.32. The molecule has 34 heavy (non-hydrogen) atoms. The highest BCUT2D eigenvalue weighted by Gasteiger charge is 2.13. The van der Waals surface area contributed by atoms with Crippen molar-refractivity contribution in [3.05, 3.63) is 77.4 Å². The maximum atomic E-state index is 12.4. The molecule has 3 rings (SSSR count). The highest BCUT2D eigenvalue weighted by atomic mass is 16.5. The monoisotopic (exact) mass is 464 g/mol. The standard InChI is InChI=1S/C27H32N2O5/c1-19-8-11-22(12-9-19)29-26(30)18-34-27-21(6-5-7-24(27)32-3)17-28-15-14-20-10-13-23(31-2)25(16-20)33-4/h5-13,16,28H,14-15,17-18H2,1-4H3,(H,29,30). The SMILES string of the molecule is COc1ccc(CCNCc2cccc(OC)c2OCC(=O)Nc2ccc(C)cc2)cc1OC. The third kappa shape index (κ3) is 6.89. The van der Waals surface area contributed by atoms with E-state index in [1.165, 1.54) is 0 Å². The van der Waals surface area contributed by atoms with E-state index < -0.39 is 0 Å². The van der Waals surface area contributed by atoms with E-state index >= 15 is 0 Å². The average molecular weight is 465 g/mol. The molecular formula is C27H32N2O5. The van der Waals surface area contributed by atoms with E-state index in [0.717, 1.165) is 35.3 Å². The molecule has 180 valence electrons. The lowest BCUT2D eigenvalue weighted by Gasteiger charge is -2.16. The Balaban J connectivity index is 1.56. The topological polar surface area (TPSA) is 78.0 Å². The van der Waals surface area contributed by atoms with Gasteiger partial charge in [0.05, 0.1) is 21.3 Å². The van der Waals surface area contributed by atoms with Crippen molar-refractivity contribution in [3.8, 4) is 23.0 Å². The predicted octanol–water partition coefficient (Wildman–Crippen LogP) is 4.37. The first kappa shape index (κ1) is 24.9. The molecule has 0 unspecified atom stereocenters. The number of aryl methyl sites for hydroxylation is 1. The molecule has 1 amide bonds. The summed E-state index contributed by atoms with van der Waals surface area (Å²) in [4.78, 5) is 12.4. The normalized spacial score (nSPS) is 10.5. The van der Waals surface area contributed by atoms with Crippen LogP contribution in [-0.2, 0) is 17.8 Å². The lowest BCUT2D eigenvalue weighted by Crippen LogP contribution is -2.22. The van der Waals surface area contributed by atoms with Gasteiger partial charge in [-0.2, -0.15) is 0 Å². The second-order valence-corrected chi connectivity index (χ2v) is 7.77. The van der Waals surface area contributed by atoms with Crippen molar-refractivity contribution in [1.29, 1.82) is 0 Å². The molecule has 7 nitrogen and oxygen atoms in total. The fourth-order valence-corrected chi connectivity index (χ4v) is 3.49. The first-order valence-corrected chi connectivity index (χ1v) is 11.1. The van der Waals surface area contributed by atoms with Gasteiger partial charge in [0, 0.05) is 17.8 Å². The Labute approximate surface area is 201 Å². The molecule has 0 radical (unpaired) electrons. The van der Waals surface area contributed by atoms with Gasteiger partial charge in [0.1, 0.15) is 0 Å². The van der Waals surface area contributed by atoms with E-state index in [-0.39, 0.29) is 12.5 Å². The van der Waals surface area contributed by atoms with Crippen LogP contribution in [0.5, 0.6) is 23.0 Å². The number of benzene rings is 3. The Morgan fingerprint density at radius 3 is 2.29 bits per heavy atom. The van der Waals surface area contributed by atoms with E-state index in [9.17, 15) is 4.79 Å². The molecule has 3 aromatic rings. The molecule has 0 bridgehead atoms. The van der Waals surface area contributed by atoms with Crippen LogP contribution in [0.2, 0.25) is 0 Å². The summed E-state index contributed by atoms with van der Waals surface area (Å²) < 4.78 is 22.0. The first-order valence-electron chi connectivity index (χ1n) is 11.1. The number of carbonyl (C=O) groups is 1. The van der Waals surface area contributed by atoms with Gasteiger partial charge in [-0.15, -0.1) is 0 Å². The fourth-order valence-electron chi connectivity index (χ4n) is 3.49. The van der Waals surface area contributed by atoms with Crippen LogP contribution in [0.25, 0.3) is 0 Å². The van der Waals surface area contributed by atoms with Gasteiger partial charge in [-0.05, 0) is 55.8 Å². The maximum Gasteiger partial charge on any atom is 0.262 e. The Bertz CT molecular complexity index is 1080. The lowest BCUT2D eigenvalue weighted by atomic mass is 10.1. The van der Waals surface area contributed by atoms with Crippen LogP contribution in [0, 0.1) is 6.92 Å². The van der Waals surface area contributed by atoms with E-state index in [0.29, 0.717) is 29.5 Å². The van der Waals surface area contributed by atoms with E-state index in [2.05, 4.69) is 10.6 Å². The van der Waals surface area contributed by atoms with Crippen LogP contribution in [-0.4, -0.2) is 40.4 Å². The highest BCUT2D eigenvalue weighted by molar-refractivity contribution is 5.91. The largest absolute Gasteiger partial charge is 0.493 e. The summed E-state index contributed by atoms with van der Waals surface area (Å²) in [5, 5.41) is 6.28. The second-order valence-electron chi connectivity index (χ2n) is 7.77. The van der Waals surface area contributed by atoms with Crippen molar-refractivity contribution in [2.75, 3.05) is 39.8 Å². The lowest BCUT2D eigenvalue weighted by molar-refractivity contribution is -0.118. The van der Waals surface area contributed by atoms with Gasteiger partial charge in [-0.1, -0.05) is 35.9 Å². The van der Waals surface area contributed by atoms with Gasteiger partial charge < -0.3 is 29.6 Å². The zero-order valence-corrected chi connectivity index (χ0v) is 20.1. The highest BCUT2D eigenvalue weighted by Crippen LogP contribution is 2.31. The quantitative estimate of drug-likeness (QED) is 0.388. The molecule has 2 N–H and O–H groups in total. The van der Waals surface area contributed by atoms with E-state index in [1.54, 1.807) is 21.3 Å². The van der Waals surface area contributed by atoms with Crippen molar-refractivity contribution < 1.29 is 23.7 Å². The minimum atomic E-state index is -0.234. The molecule has 0 aliphatic carbocycles. The van der Waals surface area contributed by atoms with Crippen molar-refractivity contribution in [1.82, 2.24) is 5.32 Å². The van der Waals surface area contributed by atoms with Crippen LogP contribution in [0.15, 0.2) is 60.7 Å². The minimum absolute atomic E-state index is 0.118. The summed E-state index contributed by atoms with van der Waals surface area (Å²) >= 11 is 0. The number of hydrogen-bond donors (Lipinski definition) is 2. The smallest absolute Gasteiger partial charge is 0.262 e. The molecule has 0 heterocycles. The number of para-hydroxylation sites is 1. The van der Waals surface area contributed by atoms with Gasteiger partial charge >= 0.3 is 0 Å². The molecule has 0 aliphatic heterocycles. The Morgan fingerprint density at radius 2 is 1.59 bits per heavy atom. The summed E-state index contributed by atoms with van der Waals surface area (Å²) in [6.45, 7) is 3.20. The van der Waals surface area contributed by atoms with Crippen molar-refractivity contribution in [3.63, 3.8) is 0 Å². The molecule has 7 heteroatoms. The molecule has 0 fully saturated rings. The summed E-state index contributed by atoms with van der Waals surface area (Å²) in [5.41, 5.74) is 3.91. The summed E-state index contributed by atoms with van der Waals surface area (Å²) in [7, 11) is 4.84. The summed E-state index contributed by atoms with van der Waals surface area (Å²) in [6, 6.07) is 19.2. The van der Waals surface area contributed by atoms with Gasteiger partial charge in [-0.25, -0.2) is 0 Å². The number of ether oxygens (including phenoxy) is 4. The number of anilines is 1. The number of carbonyl (C=O) groups excluding carboxylic acids is 1. The first-order chi connectivity index (χ1) is 16.5. The van der Waals surface area contributed by atoms with Gasteiger partial charge in [-0.3, -0.25) is 4.79 Å². The van der Waals surface area contributed by atoms with E-state index in [4.69, 9.17) is 18.9 Å². The molecule has 0 aromatic heterocycles. The Morgan fingerprint density at radius 1 is 0.853 bits per heavy atom. The third-order valence-corrected chi connectivity index (χ3v) is 5.32. The van der Waals surface area contributed by atoms with Crippen molar-refractivity contribution in [2.45, 2.75) is 19.9 Å². The number of hydrogen-bond acceptors (Lipinski definition) is 6. The summed E-state index contributed by atoms with van der Waals surface area (Å²) in [6.07, 6.45) is 0.819. The van der Waals surface area contributed by atoms with Crippen LogP contribution in [0.4, 0.5) is 5.69 Å². The van der Waals surface area contributed by atoms with Gasteiger partial charge in [0.2, 0.25) is 0 Å². The number of methoxy groups -OCH3 is 3. The van der Waals surface area contributed by atoms with Crippen LogP contribution in [0.1, 0.15) is 16.7 Å². The predicted molar refractivity (Wildman–Crippen MR) is 133 cm³/mol. The van der Waals surface area contributed by atoms with E-state index in [1.807, 2.05) is 67.6 Å². The number of nitrogens with one attached hydrogen (secondary N) is 2. The molecule has 3 aromatic carbocycles. The van der Waals surface area contributed by atoms with Crippen molar-refractivity contribution >= 4 is 11.6 Å². The molecule has 0 atom stereocenters. The van der Waals surface area contributed by atoms with Crippen LogP contribution < -0.4 is 29.6 Å². The molecule has 0 aliphatic rings. The van der Waals surface area contributed by atoms with Crippen molar-refractivity contribution in [2.24, 2.45) is 0 Å². The second kappa shape index (κ2) is 12.5. The van der Waals surface area contributed by atoms with Crippen LogP contribution in [0.3, 0.4) is 0 Å². The van der Waals surface area contributed by atoms with Crippen LogP contribution >= 0.6 is 0 Å². The minimum Gasteiger partial charge on any atom is -0.493 e.